The second kappa shape index (κ2) is 4.14. The fourth-order valence-electron chi connectivity index (χ4n) is 1.48. The van der Waals surface area contributed by atoms with E-state index >= 15 is 0 Å². The van der Waals surface area contributed by atoms with Crippen molar-refractivity contribution in [3.05, 3.63) is 0 Å². The Hall–Kier alpha value is -1.17. The van der Waals surface area contributed by atoms with Crippen molar-refractivity contribution in [2.75, 3.05) is 12.3 Å². The Balaban J connectivity index is 2.95. The molecule has 84 valence electrons. The summed E-state index contributed by atoms with van der Waals surface area (Å²) in [6.45, 7) is -0.263. The minimum Gasteiger partial charge on any atom is -0.480 e. The van der Waals surface area contributed by atoms with E-state index in [1.54, 1.807) is 0 Å². The van der Waals surface area contributed by atoms with Crippen molar-refractivity contribution in [2.45, 2.75) is 18.6 Å². The molecule has 0 radical (unpaired) electrons. The number of sulfonamides is 1. The van der Waals surface area contributed by atoms with E-state index in [9.17, 15) is 18.3 Å². The predicted octanol–water partition coefficient (Wildman–Crippen LogP) is -1.64. The summed E-state index contributed by atoms with van der Waals surface area (Å²) in [7, 11) is -3.91. The summed E-state index contributed by atoms with van der Waals surface area (Å²) in [5.41, 5.74) is 0. The Bertz CT molecular complexity index is 398. The number of carboxylic acids is 1. The quantitative estimate of drug-likeness (QED) is 0.604. The number of hydrogen-bond donors (Lipinski definition) is 2. The number of β-amino-alcohol motifs (C(OH)–C–C–N with tert-alkyl or cyclic N) is 1. The van der Waals surface area contributed by atoms with Gasteiger partial charge >= 0.3 is 5.97 Å². The van der Waals surface area contributed by atoms with Gasteiger partial charge in [-0.1, -0.05) is 0 Å². The third-order valence-electron chi connectivity index (χ3n) is 2.12. The van der Waals surface area contributed by atoms with Crippen molar-refractivity contribution in [3.63, 3.8) is 0 Å². The molecule has 1 aliphatic rings. The lowest BCUT2D eigenvalue weighted by molar-refractivity contribution is -0.140. The van der Waals surface area contributed by atoms with Crippen LogP contribution < -0.4 is 0 Å². The van der Waals surface area contributed by atoms with Crippen LogP contribution >= 0.6 is 0 Å². The summed E-state index contributed by atoms with van der Waals surface area (Å²) in [5, 5.41) is 26.2. The topological polar surface area (TPSA) is 119 Å². The molecule has 0 aliphatic carbocycles. The van der Waals surface area contributed by atoms with Crippen LogP contribution in [0.15, 0.2) is 0 Å². The van der Waals surface area contributed by atoms with Gasteiger partial charge in [-0.25, -0.2) is 8.42 Å². The Morgan fingerprint density at radius 1 is 1.60 bits per heavy atom. The summed E-state index contributed by atoms with van der Waals surface area (Å²) >= 11 is 0. The number of carbonyl (C=O) groups is 1. The van der Waals surface area contributed by atoms with E-state index in [0.717, 1.165) is 0 Å². The fourth-order valence-corrected chi connectivity index (χ4v) is 2.77. The number of rotatable bonds is 3. The number of aliphatic carboxylic acids is 1. The standard InChI is InChI=1S/C7H10N2O5S/c8-1-2-15(13,14)9-4-5(10)3-6(9)7(11)12/h5-6,10H,2-4H2,(H,11,12)/t5-,6+/m1/s1. The minimum atomic E-state index is -3.91. The minimum absolute atomic E-state index is 0.139. The van der Waals surface area contributed by atoms with Crippen molar-refractivity contribution >= 4 is 16.0 Å². The smallest absolute Gasteiger partial charge is 0.322 e. The first-order chi connectivity index (χ1) is 6.88. The number of nitrogens with zero attached hydrogens (tertiary/aromatic N) is 2. The molecule has 0 amide bonds. The highest BCUT2D eigenvalue weighted by atomic mass is 32.2. The number of aliphatic hydroxyl groups excluding tert-OH is 1. The molecule has 7 nitrogen and oxygen atoms in total. The molecule has 1 heterocycles. The van der Waals surface area contributed by atoms with Gasteiger partial charge in [0, 0.05) is 13.0 Å². The van der Waals surface area contributed by atoms with Gasteiger partial charge in [0.2, 0.25) is 10.0 Å². The molecule has 0 aromatic rings. The molecule has 1 fully saturated rings. The molecule has 0 spiro atoms. The molecule has 15 heavy (non-hydrogen) atoms. The normalized spacial score (nSPS) is 27.5. The van der Waals surface area contributed by atoms with E-state index in [2.05, 4.69) is 0 Å². The van der Waals surface area contributed by atoms with Crippen LogP contribution in [0.1, 0.15) is 6.42 Å². The van der Waals surface area contributed by atoms with E-state index in [4.69, 9.17) is 10.4 Å². The van der Waals surface area contributed by atoms with Crippen LogP contribution in [-0.4, -0.2) is 53.3 Å². The highest BCUT2D eigenvalue weighted by Crippen LogP contribution is 2.21. The average molecular weight is 234 g/mol. The lowest BCUT2D eigenvalue weighted by Crippen LogP contribution is -2.41. The molecule has 2 atom stereocenters. The van der Waals surface area contributed by atoms with Crippen LogP contribution in [-0.2, 0) is 14.8 Å². The highest BCUT2D eigenvalue weighted by Gasteiger charge is 2.42. The number of hydrogen-bond acceptors (Lipinski definition) is 5. The monoisotopic (exact) mass is 234 g/mol. The second-order valence-electron chi connectivity index (χ2n) is 3.23. The van der Waals surface area contributed by atoms with Crippen LogP contribution in [0.25, 0.3) is 0 Å². The van der Waals surface area contributed by atoms with E-state index in [-0.39, 0.29) is 13.0 Å². The van der Waals surface area contributed by atoms with Gasteiger partial charge in [-0.2, -0.15) is 9.57 Å². The maximum atomic E-state index is 11.4. The Labute approximate surface area is 86.6 Å². The number of aliphatic hydroxyl groups is 1. The number of nitriles is 1. The number of carboxylic acid groups (broad SMARTS) is 1. The van der Waals surface area contributed by atoms with Gasteiger partial charge in [-0.3, -0.25) is 4.79 Å². The van der Waals surface area contributed by atoms with Gasteiger partial charge in [0.05, 0.1) is 12.2 Å². The molecule has 0 aromatic carbocycles. The summed E-state index contributed by atoms with van der Waals surface area (Å²) in [6, 6.07) is 0.190. The largest absolute Gasteiger partial charge is 0.480 e. The first kappa shape index (κ1) is 11.9. The van der Waals surface area contributed by atoms with Gasteiger partial charge in [0.15, 0.2) is 5.75 Å². The second-order valence-corrected chi connectivity index (χ2v) is 5.15. The highest BCUT2D eigenvalue weighted by molar-refractivity contribution is 7.89. The zero-order valence-corrected chi connectivity index (χ0v) is 8.51. The maximum Gasteiger partial charge on any atom is 0.322 e. The predicted molar refractivity (Wildman–Crippen MR) is 48.2 cm³/mol. The van der Waals surface area contributed by atoms with Gasteiger partial charge in [-0.15, -0.1) is 0 Å². The maximum absolute atomic E-state index is 11.4. The fraction of sp³-hybridized carbons (Fsp3) is 0.714. The van der Waals surface area contributed by atoms with Crippen LogP contribution in [0.2, 0.25) is 0 Å². The first-order valence-corrected chi connectivity index (χ1v) is 5.76. The molecule has 0 aromatic heterocycles. The SMILES string of the molecule is N#CCS(=O)(=O)N1C[C@H](O)C[C@H]1C(=O)O. The van der Waals surface area contributed by atoms with E-state index in [0.29, 0.717) is 4.31 Å². The lowest BCUT2D eigenvalue weighted by Gasteiger charge is -2.18. The third-order valence-corrected chi connectivity index (χ3v) is 3.74. The van der Waals surface area contributed by atoms with Crippen molar-refractivity contribution in [1.29, 1.82) is 5.26 Å². The van der Waals surface area contributed by atoms with Gasteiger partial charge in [0.25, 0.3) is 0 Å². The Kier molecular flexibility index (Phi) is 3.28. The molecule has 0 saturated carbocycles. The molecule has 0 bridgehead atoms. The summed E-state index contributed by atoms with van der Waals surface area (Å²) in [4.78, 5) is 10.7. The molecule has 0 unspecified atom stereocenters. The first-order valence-electron chi connectivity index (χ1n) is 4.16. The van der Waals surface area contributed by atoms with Crippen molar-refractivity contribution in [3.8, 4) is 6.07 Å². The van der Waals surface area contributed by atoms with E-state index in [1.807, 2.05) is 0 Å². The Morgan fingerprint density at radius 3 is 2.67 bits per heavy atom. The average Bonchev–Trinajstić information content (AvgIpc) is 2.47. The summed E-state index contributed by atoms with van der Waals surface area (Å²) in [5.74, 6) is -2.09. The van der Waals surface area contributed by atoms with Gasteiger partial charge in [0.1, 0.15) is 6.04 Å². The van der Waals surface area contributed by atoms with Crippen LogP contribution in [0.3, 0.4) is 0 Å². The summed E-state index contributed by atoms with van der Waals surface area (Å²) < 4.78 is 23.5. The molecule has 1 rings (SSSR count). The molecule has 1 saturated heterocycles. The van der Waals surface area contributed by atoms with Gasteiger partial charge < -0.3 is 10.2 Å². The van der Waals surface area contributed by atoms with Gasteiger partial charge in [-0.05, 0) is 0 Å². The van der Waals surface area contributed by atoms with Crippen molar-refractivity contribution in [1.82, 2.24) is 4.31 Å². The molecular formula is C7H10N2O5S. The third kappa shape index (κ3) is 2.44. The Morgan fingerprint density at radius 2 is 2.20 bits per heavy atom. The van der Waals surface area contributed by atoms with E-state index in [1.165, 1.54) is 6.07 Å². The van der Waals surface area contributed by atoms with Crippen LogP contribution in [0.4, 0.5) is 0 Å². The van der Waals surface area contributed by atoms with Crippen LogP contribution in [0, 0.1) is 11.3 Å². The molecule has 1 aliphatic heterocycles. The molecule has 8 heteroatoms. The van der Waals surface area contributed by atoms with Crippen LogP contribution in [0.5, 0.6) is 0 Å². The summed E-state index contributed by atoms with van der Waals surface area (Å²) in [6.07, 6.45) is -1.13. The zero-order chi connectivity index (χ0) is 11.6. The molecule has 2 N–H and O–H groups in total. The lowest BCUT2D eigenvalue weighted by atomic mass is 10.2. The molecular weight excluding hydrogens is 224 g/mol. The van der Waals surface area contributed by atoms with Crippen molar-refractivity contribution in [2.24, 2.45) is 0 Å². The zero-order valence-electron chi connectivity index (χ0n) is 7.70. The van der Waals surface area contributed by atoms with E-state index < -0.39 is 33.9 Å². The van der Waals surface area contributed by atoms with Crippen molar-refractivity contribution < 1.29 is 23.4 Å².